The van der Waals surface area contributed by atoms with Gasteiger partial charge < -0.3 is 24.3 Å². The maximum atomic E-state index is 13.8. The van der Waals surface area contributed by atoms with E-state index in [9.17, 15) is 4.79 Å². The topological polar surface area (TPSA) is 115 Å². The number of imidazole rings is 1. The van der Waals surface area contributed by atoms with Crippen LogP contribution in [0.25, 0.3) is 22.3 Å². The SMILES string of the molecule is COC[C@H]1CN(c2ccc3nc4n(c3c2)C[C@@H]2CC[C@H](COc3c(cnn3C)-c3cc(cc(C)n3)C(=O)N4)C2)CCN1C1CNC1. The zero-order valence-corrected chi connectivity index (χ0v) is 26.9. The van der Waals surface area contributed by atoms with Crippen LogP contribution in [0.4, 0.5) is 11.6 Å². The van der Waals surface area contributed by atoms with Crippen molar-refractivity contribution >= 4 is 28.6 Å². The van der Waals surface area contributed by atoms with E-state index >= 15 is 0 Å². The molecule has 6 heterocycles. The second-order valence-corrected chi connectivity index (χ2v) is 13.5. The van der Waals surface area contributed by atoms with Gasteiger partial charge in [0, 0.05) is 76.4 Å². The summed E-state index contributed by atoms with van der Waals surface area (Å²) in [6.07, 6.45) is 5.04. The molecule has 3 aliphatic heterocycles. The van der Waals surface area contributed by atoms with Crippen LogP contribution in [0.3, 0.4) is 0 Å². The fourth-order valence-electron chi connectivity index (χ4n) is 7.86. The molecule has 0 radical (unpaired) electrons. The maximum Gasteiger partial charge on any atom is 0.258 e. The van der Waals surface area contributed by atoms with Crippen LogP contribution in [0.1, 0.15) is 35.3 Å². The van der Waals surface area contributed by atoms with Crippen LogP contribution in [-0.2, 0) is 18.3 Å². The Hall–Kier alpha value is -4.00. The molecule has 4 aromatic rings. The first-order chi connectivity index (χ1) is 22.4. The van der Waals surface area contributed by atoms with Gasteiger partial charge in [0.2, 0.25) is 11.8 Å². The van der Waals surface area contributed by atoms with E-state index in [0.717, 1.165) is 80.8 Å². The van der Waals surface area contributed by atoms with Crippen LogP contribution in [0.2, 0.25) is 0 Å². The molecule has 4 bridgehead atoms. The van der Waals surface area contributed by atoms with Crippen molar-refractivity contribution in [3.8, 4) is 17.1 Å². The fourth-order valence-corrected chi connectivity index (χ4v) is 7.86. The van der Waals surface area contributed by atoms with Crippen molar-refractivity contribution in [3.05, 3.63) is 47.8 Å². The van der Waals surface area contributed by atoms with Gasteiger partial charge in [-0.3, -0.25) is 20.0 Å². The van der Waals surface area contributed by atoms with Gasteiger partial charge in [-0.05, 0) is 68.4 Å². The molecule has 4 aliphatic rings. The van der Waals surface area contributed by atoms with E-state index < -0.39 is 0 Å². The largest absolute Gasteiger partial charge is 0.477 e. The molecule has 1 aliphatic carbocycles. The Bertz CT molecular complexity index is 1760. The van der Waals surface area contributed by atoms with Gasteiger partial charge in [-0.1, -0.05) is 0 Å². The lowest BCUT2D eigenvalue weighted by Gasteiger charge is -2.48. The zero-order valence-electron chi connectivity index (χ0n) is 26.9. The molecule has 8 rings (SSSR count). The van der Waals surface area contributed by atoms with E-state index in [-0.39, 0.29) is 5.91 Å². The Morgan fingerprint density at radius 2 is 1.93 bits per heavy atom. The third kappa shape index (κ3) is 5.41. The number of aromatic nitrogens is 5. The maximum absolute atomic E-state index is 13.8. The van der Waals surface area contributed by atoms with Gasteiger partial charge in [-0.15, -0.1) is 0 Å². The standard InChI is InChI=1S/C34H43N9O3/c1-21-10-24-12-30(37-21)28-16-36-40(2)33(28)46-19-23-5-4-22(11-23)17-43-31-13-25(6-7-29(31)38-34(43)39-32(24)44)41-8-9-42(26-14-35-15-26)27(18-41)20-45-3/h6-7,10,12-13,16,22-23,26-27,35H,4-5,8-9,11,14-15,17-20H2,1-3H3,(H,38,39,44)/t22-,23+,27-/m1/s1. The van der Waals surface area contributed by atoms with Crippen LogP contribution in [0, 0.1) is 18.8 Å². The molecule has 46 heavy (non-hydrogen) atoms. The summed E-state index contributed by atoms with van der Waals surface area (Å²) >= 11 is 0. The van der Waals surface area contributed by atoms with Gasteiger partial charge in [0.05, 0.1) is 47.7 Å². The molecular weight excluding hydrogens is 582 g/mol. The molecule has 1 saturated carbocycles. The molecule has 3 atom stereocenters. The van der Waals surface area contributed by atoms with E-state index in [1.807, 2.05) is 26.1 Å². The highest BCUT2D eigenvalue weighted by atomic mass is 16.5. The van der Waals surface area contributed by atoms with Crippen molar-refractivity contribution in [2.24, 2.45) is 18.9 Å². The summed E-state index contributed by atoms with van der Waals surface area (Å²) in [6.45, 7) is 9.04. The quantitative estimate of drug-likeness (QED) is 0.353. The van der Waals surface area contributed by atoms with Gasteiger partial charge in [-0.25, -0.2) is 9.67 Å². The van der Waals surface area contributed by atoms with Crippen molar-refractivity contribution < 1.29 is 14.3 Å². The van der Waals surface area contributed by atoms with Crippen LogP contribution < -0.4 is 20.3 Å². The minimum absolute atomic E-state index is 0.210. The number of fused-ring (bicyclic) bond motifs is 9. The number of rotatable bonds is 4. The Morgan fingerprint density at radius 1 is 1.07 bits per heavy atom. The number of aryl methyl sites for hydroxylation is 2. The van der Waals surface area contributed by atoms with E-state index in [4.69, 9.17) is 19.4 Å². The predicted molar refractivity (Wildman–Crippen MR) is 176 cm³/mol. The average Bonchev–Trinajstić information content (AvgIpc) is 3.72. The summed E-state index contributed by atoms with van der Waals surface area (Å²) in [5, 5.41) is 11.1. The number of nitrogens with zero attached hydrogens (tertiary/aromatic N) is 7. The average molecular weight is 626 g/mol. The predicted octanol–water partition coefficient (Wildman–Crippen LogP) is 3.31. The van der Waals surface area contributed by atoms with Crippen molar-refractivity contribution in [1.82, 2.24) is 34.5 Å². The normalized spacial score (nSPS) is 24.0. The van der Waals surface area contributed by atoms with Gasteiger partial charge in [0.15, 0.2) is 0 Å². The molecule has 0 spiro atoms. The number of carbonyl (C=O) groups excluding carboxylic acids is 1. The van der Waals surface area contributed by atoms with Crippen LogP contribution >= 0.6 is 0 Å². The summed E-state index contributed by atoms with van der Waals surface area (Å²) in [5.41, 5.74) is 5.86. The Kier molecular flexibility index (Phi) is 7.66. The minimum atomic E-state index is -0.210. The smallest absolute Gasteiger partial charge is 0.258 e. The monoisotopic (exact) mass is 625 g/mol. The first-order valence-electron chi connectivity index (χ1n) is 16.6. The number of nitrogens with one attached hydrogen (secondary N) is 2. The second kappa shape index (κ2) is 12.0. The summed E-state index contributed by atoms with van der Waals surface area (Å²) in [5.74, 6) is 1.97. The molecule has 1 amide bonds. The van der Waals surface area contributed by atoms with Crippen molar-refractivity contribution in [3.63, 3.8) is 0 Å². The summed E-state index contributed by atoms with van der Waals surface area (Å²) < 4.78 is 16.1. The van der Waals surface area contributed by atoms with Gasteiger partial charge in [-0.2, -0.15) is 5.10 Å². The number of hydrogen-bond donors (Lipinski definition) is 2. The molecule has 12 nitrogen and oxygen atoms in total. The number of ether oxygens (including phenoxy) is 2. The van der Waals surface area contributed by atoms with E-state index in [1.54, 1.807) is 18.0 Å². The number of hydrogen-bond acceptors (Lipinski definition) is 9. The third-order valence-electron chi connectivity index (χ3n) is 10.4. The summed E-state index contributed by atoms with van der Waals surface area (Å²) in [7, 11) is 3.68. The first kappa shape index (κ1) is 29.4. The second-order valence-electron chi connectivity index (χ2n) is 13.5. The molecule has 12 heteroatoms. The van der Waals surface area contributed by atoms with Crippen LogP contribution in [0.5, 0.6) is 5.88 Å². The summed E-state index contributed by atoms with van der Waals surface area (Å²) in [4.78, 5) is 28.7. The lowest BCUT2D eigenvalue weighted by molar-refractivity contribution is 0.0341. The molecule has 2 saturated heterocycles. The number of methoxy groups -OCH3 is 1. The van der Waals surface area contributed by atoms with Gasteiger partial charge >= 0.3 is 0 Å². The van der Waals surface area contributed by atoms with E-state index in [0.29, 0.717) is 60.2 Å². The Morgan fingerprint density at radius 3 is 2.76 bits per heavy atom. The summed E-state index contributed by atoms with van der Waals surface area (Å²) in [6, 6.07) is 11.1. The number of pyridine rings is 1. The Labute approximate surface area is 269 Å². The highest BCUT2D eigenvalue weighted by Gasteiger charge is 2.35. The third-order valence-corrected chi connectivity index (χ3v) is 10.4. The molecular formula is C34H43N9O3. The number of anilines is 2. The van der Waals surface area contributed by atoms with Crippen molar-refractivity contribution in [1.29, 1.82) is 0 Å². The molecule has 2 N–H and O–H groups in total. The van der Waals surface area contributed by atoms with Crippen LogP contribution in [0.15, 0.2) is 36.5 Å². The zero-order chi connectivity index (χ0) is 31.4. The van der Waals surface area contributed by atoms with Gasteiger partial charge in [0.25, 0.3) is 5.91 Å². The molecule has 3 aromatic heterocycles. The van der Waals surface area contributed by atoms with E-state index in [1.165, 1.54) is 5.69 Å². The van der Waals surface area contributed by atoms with Crippen LogP contribution in [-0.4, -0.2) is 100 Å². The number of benzene rings is 1. The van der Waals surface area contributed by atoms with Gasteiger partial charge in [0.1, 0.15) is 0 Å². The highest BCUT2D eigenvalue weighted by molar-refractivity contribution is 6.05. The lowest BCUT2D eigenvalue weighted by atomic mass is 10.0. The molecule has 1 aromatic carbocycles. The first-order valence-corrected chi connectivity index (χ1v) is 16.6. The molecule has 3 fully saturated rings. The minimum Gasteiger partial charge on any atom is -0.477 e. The fraction of sp³-hybridized carbons (Fsp3) is 0.529. The molecule has 242 valence electrons. The van der Waals surface area contributed by atoms with Crippen molar-refractivity contribution in [2.75, 3.05) is 63.3 Å². The number of amides is 1. The lowest BCUT2D eigenvalue weighted by Crippen LogP contribution is -2.66. The van der Waals surface area contributed by atoms with Crippen molar-refractivity contribution in [2.45, 2.75) is 44.8 Å². The Balaban J connectivity index is 1.15. The van der Waals surface area contributed by atoms with E-state index in [2.05, 4.69) is 48.3 Å². The highest BCUT2D eigenvalue weighted by Crippen LogP contribution is 2.37. The number of piperazine rings is 1. The number of carbonyl (C=O) groups is 1. The molecule has 0 unspecified atom stereocenters.